The summed E-state index contributed by atoms with van der Waals surface area (Å²) in [4.78, 5) is 11.9. The average Bonchev–Trinajstić information content (AvgIpc) is 2.47. The molecule has 21 heavy (non-hydrogen) atoms. The zero-order chi connectivity index (χ0) is 14.2. The van der Waals surface area contributed by atoms with Gasteiger partial charge in [0.05, 0.1) is 0 Å². The van der Waals surface area contributed by atoms with E-state index in [-0.39, 0.29) is 18.3 Å². The molecule has 1 amide bonds. The Morgan fingerprint density at radius 1 is 1.19 bits per heavy atom. The van der Waals surface area contributed by atoms with E-state index < -0.39 is 0 Å². The Morgan fingerprint density at radius 2 is 1.95 bits per heavy atom. The van der Waals surface area contributed by atoms with Gasteiger partial charge in [0.15, 0.2) is 0 Å². The topological polar surface area (TPSA) is 41.1 Å². The first-order chi connectivity index (χ1) is 9.79. The molecule has 1 unspecified atom stereocenters. The summed E-state index contributed by atoms with van der Waals surface area (Å²) in [5.41, 5.74) is 2.90. The largest absolute Gasteiger partial charge is 0.355 e. The Balaban J connectivity index is 0.00000220. The van der Waals surface area contributed by atoms with Crippen LogP contribution in [0.5, 0.6) is 0 Å². The van der Waals surface area contributed by atoms with E-state index in [1.807, 2.05) is 0 Å². The third-order valence-electron chi connectivity index (χ3n) is 3.97. The van der Waals surface area contributed by atoms with Gasteiger partial charge >= 0.3 is 0 Å². The first kappa shape index (κ1) is 18.0. The SMILES string of the molecule is CCCNCCNC(=O)CC1CCc2ccccc2C1.Cl. The van der Waals surface area contributed by atoms with Gasteiger partial charge in [-0.15, -0.1) is 12.4 Å². The molecule has 0 bridgehead atoms. The number of carbonyl (C=O) groups is 1. The van der Waals surface area contributed by atoms with E-state index in [1.165, 1.54) is 11.1 Å². The number of benzene rings is 1. The first-order valence-electron chi connectivity index (χ1n) is 7.83. The third-order valence-corrected chi connectivity index (χ3v) is 3.97. The summed E-state index contributed by atoms with van der Waals surface area (Å²) in [5, 5.41) is 6.30. The van der Waals surface area contributed by atoms with Crippen LogP contribution >= 0.6 is 12.4 Å². The molecule has 3 nitrogen and oxygen atoms in total. The fourth-order valence-electron chi connectivity index (χ4n) is 2.87. The van der Waals surface area contributed by atoms with Crippen molar-refractivity contribution in [3.63, 3.8) is 0 Å². The van der Waals surface area contributed by atoms with Gasteiger partial charge in [0.25, 0.3) is 0 Å². The summed E-state index contributed by atoms with van der Waals surface area (Å²) in [6.45, 7) is 4.77. The molecule has 4 heteroatoms. The lowest BCUT2D eigenvalue weighted by Gasteiger charge is -2.24. The Morgan fingerprint density at radius 3 is 2.71 bits per heavy atom. The predicted octanol–water partition coefficient (Wildman–Crippen LogP) is 2.72. The number of fused-ring (bicyclic) bond motifs is 1. The monoisotopic (exact) mass is 310 g/mol. The van der Waals surface area contributed by atoms with Crippen LogP contribution in [0.15, 0.2) is 24.3 Å². The van der Waals surface area contributed by atoms with Crippen LogP contribution in [-0.2, 0) is 17.6 Å². The van der Waals surface area contributed by atoms with E-state index in [4.69, 9.17) is 0 Å². The maximum Gasteiger partial charge on any atom is 0.220 e. The lowest BCUT2D eigenvalue weighted by atomic mass is 9.82. The van der Waals surface area contributed by atoms with E-state index in [0.717, 1.165) is 45.3 Å². The number of halogens is 1. The smallest absolute Gasteiger partial charge is 0.220 e. The van der Waals surface area contributed by atoms with Gasteiger partial charge in [-0.25, -0.2) is 0 Å². The minimum Gasteiger partial charge on any atom is -0.355 e. The third kappa shape index (κ3) is 6.06. The van der Waals surface area contributed by atoms with Crippen LogP contribution in [0.3, 0.4) is 0 Å². The molecule has 2 N–H and O–H groups in total. The van der Waals surface area contributed by atoms with Crippen molar-refractivity contribution >= 4 is 18.3 Å². The van der Waals surface area contributed by atoms with E-state index >= 15 is 0 Å². The minimum absolute atomic E-state index is 0. The fourth-order valence-corrected chi connectivity index (χ4v) is 2.87. The molecule has 0 spiro atoms. The minimum atomic E-state index is 0. The number of hydrogen-bond acceptors (Lipinski definition) is 2. The lowest BCUT2D eigenvalue weighted by Crippen LogP contribution is -2.33. The van der Waals surface area contributed by atoms with Crippen molar-refractivity contribution in [3.05, 3.63) is 35.4 Å². The molecule has 1 aromatic rings. The highest BCUT2D eigenvalue weighted by molar-refractivity contribution is 5.85. The van der Waals surface area contributed by atoms with E-state index in [0.29, 0.717) is 12.3 Å². The Kier molecular flexibility index (Phi) is 8.40. The number of amides is 1. The molecule has 1 atom stereocenters. The second kappa shape index (κ2) is 9.80. The summed E-state index contributed by atoms with van der Waals surface area (Å²) in [6.07, 6.45) is 5.11. The molecule has 0 radical (unpaired) electrons. The zero-order valence-corrected chi connectivity index (χ0v) is 13.7. The second-order valence-electron chi connectivity index (χ2n) is 5.68. The highest BCUT2D eigenvalue weighted by Gasteiger charge is 2.20. The van der Waals surface area contributed by atoms with Crippen molar-refractivity contribution in [2.24, 2.45) is 5.92 Å². The van der Waals surface area contributed by atoms with Gasteiger partial charge in [0.1, 0.15) is 0 Å². The summed E-state index contributed by atoms with van der Waals surface area (Å²) < 4.78 is 0. The molecule has 0 saturated heterocycles. The fraction of sp³-hybridized carbons (Fsp3) is 0.588. The number of rotatable bonds is 7. The van der Waals surface area contributed by atoms with Crippen molar-refractivity contribution in [2.75, 3.05) is 19.6 Å². The van der Waals surface area contributed by atoms with Crippen LogP contribution in [0.25, 0.3) is 0 Å². The number of hydrogen-bond donors (Lipinski definition) is 2. The van der Waals surface area contributed by atoms with Crippen LogP contribution in [0.2, 0.25) is 0 Å². The maximum absolute atomic E-state index is 11.9. The highest BCUT2D eigenvalue weighted by Crippen LogP contribution is 2.27. The van der Waals surface area contributed by atoms with Gasteiger partial charge in [-0.05, 0) is 49.3 Å². The van der Waals surface area contributed by atoms with Crippen molar-refractivity contribution in [1.82, 2.24) is 10.6 Å². The molecule has 0 saturated carbocycles. The first-order valence-corrected chi connectivity index (χ1v) is 7.83. The maximum atomic E-state index is 11.9. The van der Waals surface area contributed by atoms with E-state index in [1.54, 1.807) is 0 Å². The van der Waals surface area contributed by atoms with Gasteiger partial charge in [0.2, 0.25) is 5.91 Å². The Labute approximate surface area is 134 Å². The standard InChI is InChI=1S/C17H26N2O.ClH/c1-2-9-18-10-11-19-17(20)13-14-7-8-15-5-3-4-6-16(15)12-14;/h3-6,14,18H,2,7-13H2,1H3,(H,19,20);1H. The van der Waals surface area contributed by atoms with Gasteiger partial charge in [0, 0.05) is 19.5 Å². The van der Waals surface area contributed by atoms with Crippen molar-refractivity contribution in [2.45, 2.75) is 39.0 Å². The van der Waals surface area contributed by atoms with E-state index in [9.17, 15) is 4.79 Å². The molecule has 0 aliphatic heterocycles. The van der Waals surface area contributed by atoms with Crippen LogP contribution in [-0.4, -0.2) is 25.5 Å². The summed E-state index contributed by atoms with van der Waals surface area (Å²) in [7, 11) is 0. The molecule has 1 aliphatic rings. The van der Waals surface area contributed by atoms with Gasteiger partial charge in [-0.2, -0.15) is 0 Å². The van der Waals surface area contributed by atoms with Crippen molar-refractivity contribution < 1.29 is 4.79 Å². The number of carbonyl (C=O) groups excluding carboxylic acids is 1. The summed E-state index contributed by atoms with van der Waals surface area (Å²) in [5.74, 6) is 0.709. The van der Waals surface area contributed by atoms with Gasteiger partial charge in [-0.1, -0.05) is 31.2 Å². The average molecular weight is 311 g/mol. The van der Waals surface area contributed by atoms with Crippen LogP contribution < -0.4 is 10.6 Å². The molecule has 2 rings (SSSR count). The zero-order valence-electron chi connectivity index (χ0n) is 12.9. The lowest BCUT2D eigenvalue weighted by molar-refractivity contribution is -0.122. The number of nitrogens with one attached hydrogen (secondary N) is 2. The molecule has 0 heterocycles. The quantitative estimate of drug-likeness (QED) is 0.760. The molecular formula is C17H27ClN2O. The normalized spacial score (nSPS) is 16.7. The predicted molar refractivity (Wildman–Crippen MR) is 90.0 cm³/mol. The molecule has 118 valence electrons. The van der Waals surface area contributed by atoms with E-state index in [2.05, 4.69) is 41.8 Å². The Hall–Kier alpha value is -1.06. The van der Waals surface area contributed by atoms with Crippen LogP contribution in [0.4, 0.5) is 0 Å². The van der Waals surface area contributed by atoms with Crippen molar-refractivity contribution in [3.8, 4) is 0 Å². The highest BCUT2D eigenvalue weighted by atomic mass is 35.5. The molecular weight excluding hydrogens is 284 g/mol. The van der Waals surface area contributed by atoms with Crippen LogP contribution in [0, 0.1) is 5.92 Å². The van der Waals surface area contributed by atoms with Crippen LogP contribution in [0.1, 0.15) is 37.3 Å². The Bertz CT molecular complexity index is 437. The second-order valence-corrected chi connectivity index (χ2v) is 5.68. The molecule has 1 aromatic carbocycles. The molecule has 0 aromatic heterocycles. The van der Waals surface area contributed by atoms with Gasteiger partial charge in [-0.3, -0.25) is 4.79 Å². The summed E-state index contributed by atoms with van der Waals surface area (Å²) in [6, 6.07) is 8.62. The number of aryl methyl sites for hydroxylation is 1. The summed E-state index contributed by atoms with van der Waals surface area (Å²) >= 11 is 0. The molecule has 1 aliphatic carbocycles. The van der Waals surface area contributed by atoms with Gasteiger partial charge < -0.3 is 10.6 Å². The molecule has 0 fully saturated rings. The van der Waals surface area contributed by atoms with Crippen molar-refractivity contribution in [1.29, 1.82) is 0 Å².